The molecule has 7 heteroatoms. The standard InChI is InChI=1S/C13H8F3NO3/c14-13(15,16)20-9-3-1-8(2-4-9)10-5-6-17-7-11(10)12(18)19/h1-7H,(H,18,19). The number of carboxylic acids is 1. The molecular weight excluding hydrogens is 275 g/mol. The number of aromatic nitrogens is 1. The van der Waals surface area contributed by atoms with Gasteiger partial charge in [-0.2, -0.15) is 0 Å². The summed E-state index contributed by atoms with van der Waals surface area (Å²) in [5.74, 6) is -1.53. The van der Waals surface area contributed by atoms with Crippen LogP contribution in [0.4, 0.5) is 13.2 Å². The number of aromatic carboxylic acids is 1. The van der Waals surface area contributed by atoms with Crippen molar-refractivity contribution in [2.45, 2.75) is 6.36 Å². The molecule has 1 heterocycles. The number of carboxylic acid groups (broad SMARTS) is 1. The highest BCUT2D eigenvalue weighted by atomic mass is 19.4. The highest BCUT2D eigenvalue weighted by Gasteiger charge is 2.31. The molecule has 0 saturated heterocycles. The predicted octanol–water partition coefficient (Wildman–Crippen LogP) is 3.35. The van der Waals surface area contributed by atoms with E-state index in [9.17, 15) is 18.0 Å². The number of pyridine rings is 1. The van der Waals surface area contributed by atoms with Crippen LogP contribution in [-0.2, 0) is 0 Å². The molecule has 2 aromatic rings. The second-order valence-electron chi connectivity index (χ2n) is 3.80. The highest BCUT2D eigenvalue weighted by Crippen LogP contribution is 2.28. The summed E-state index contributed by atoms with van der Waals surface area (Å²) in [6, 6.07) is 6.42. The first-order valence-corrected chi connectivity index (χ1v) is 5.40. The predicted molar refractivity (Wildman–Crippen MR) is 63.3 cm³/mol. The van der Waals surface area contributed by atoms with Crippen molar-refractivity contribution in [3.8, 4) is 16.9 Å². The summed E-state index contributed by atoms with van der Waals surface area (Å²) in [5, 5.41) is 9.02. The monoisotopic (exact) mass is 283 g/mol. The largest absolute Gasteiger partial charge is 0.573 e. The SMILES string of the molecule is O=C(O)c1cnccc1-c1ccc(OC(F)(F)F)cc1. The first-order chi connectivity index (χ1) is 9.37. The molecule has 0 aliphatic carbocycles. The summed E-state index contributed by atoms with van der Waals surface area (Å²) in [5.41, 5.74) is 0.794. The van der Waals surface area contributed by atoms with Gasteiger partial charge in [0.15, 0.2) is 0 Å². The van der Waals surface area contributed by atoms with E-state index in [2.05, 4.69) is 9.72 Å². The fraction of sp³-hybridized carbons (Fsp3) is 0.0769. The number of nitrogens with zero attached hydrogens (tertiary/aromatic N) is 1. The van der Waals surface area contributed by atoms with Crippen molar-refractivity contribution in [1.29, 1.82) is 0 Å². The molecule has 0 atom stereocenters. The van der Waals surface area contributed by atoms with Crippen LogP contribution in [-0.4, -0.2) is 22.4 Å². The van der Waals surface area contributed by atoms with Crippen LogP contribution in [0.5, 0.6) is 5.75 Å². The molecule has 0 aliphatic rings. The third kappa shape index (κ3) is 3.25. The highest BCUT2D eigenvalue weighted by molar-refractivity contribution is 5.95. The van der Waals surface area contributed by atoms with E-state index in [-0.39, 0.29) is 11.3 Å². The van der Waals surface area contributed by atoms with Crippen molar-refractivity contribution in [2.24, 2.45) is 0 Å². The molecule has 0 unspecified atom stereocenters. The number of hydrogen-bond acceptors (Lipinski definition) is 3. The number of hydrogen-bond donors (Lipinski definition) is 1. The molecule has 1 N–H and O–H groups in total. The molecule has 2 rings (SSSR count). The summed E-state index contributed by atoms with van der Waals surface area (Å²) >= 11 is 0. The van der Waals surface area contributed by atoms with Gasteiger partial charge < -0.3 is 9.84 Å². The maximum Gasteiger partial charge on any atom is 0.573 e. The minimum atomic E-state index is -4.76. The van der Waals surface area contributed by atoms with Crippen molar-refractivity contribution in [3.63, 3.8) is 0 Å². The van der Waals surface area contributed by atoms with E-state index in [0.29, 0.717) is 11.1 Å². The van der Waals surface area contributed by atoms with Gasteiger partial charge >= 0.3 is 12.3 Å². The minimum Gasteiger partial charge on any atom is -0.478 e. The molecule has 0 aliphatic heterocycles. The van der Waals surface area contributed by atoms with Crippen LogP contribution in [0.25, 0.3) is 11.1 Å². The van der Waals surface area contributed by atoms with Crippen LogP contribution < -0.4 is 4.74 Å². The Morgan fingerprint density at radius 3 is 2.35 bits per heavy atom. The molecule has 0 amide bonds. The number of alkyl halides is 3. The number of rotatable bonds is 3. The van der Waals surface area contributed by atoms with Crippen molar-refractivity contribution in [3.05, 3.63) is 48.3 Å². The van der Waals surface area contributed by atoms with Gasteiger partial charge in [-0.1, -0.05) is 12.1 Å². The average molecular weight is 283 g/mol. The molecule has 0 saturated carbocycles. The first-order valence-electron chi connectivity index (χ1n) is 5.40. The minimum absolute atomic E-state index is 0.0306. The second kappa shape index (κ2) is 5.20. The maximum absolute atomic E-state index is 12.0. The fourth-order valence-electron chi connectivity index (χ4n) is 1.65. The third-order valence-electron chi connectivity index (χ3n) is 2.45. The molecule has 0 bridgehead atoms. The van der Waals surface area contributed by atoms with Gasteiger partial charge in [0.25, 0.3) is 0 Å². The average Bonchev–Trinajstić information content (AvgIpc) is 2.38. The van der Waals surface area contributed by atoms with E-state index in [0.717, 1.165) is 12.1 Å². The zero-order valence-corrected chi connectivity index (χ0v) is 9.89. The van der Waals surface area contributed by atoms with E-state index in [1.807, 2.05) is 0 Å². The van der Waals surface area contributed by atoms with Crippen molar-refractivity contribution >= 4 is 5.97 Å². The Balaban J connectivity index is 2.33. The number of ether oxygens (including phenoxy) is 1. The quantitative estimate of drug-likeness (QED) is 0.938. The zero-order valence-electron chi connectivity index (χ0n) is 9.89. The van der Waals surface area contributed by atoms with Crippen LogP contribution in [0, 0.1) is 0 Å². The Morgan fingerprint density at radius 1 is 1.15 bits per heavy atom. The van der Waals surface area contributed by atoms with Crippen molar-refractivity contribution < 1.29 is 27.8 Å². The normalized spacial score (nSPS) is 11.2. The van der Waals surface area contributed by atoms with Crippen LogP contribution in [0.2, 0.25) is 0 Å². The van der Waals surface area contributed by atoms with Crippen molar-refractivity contribution in [2.75, 3.05) is 0 Å². The van der Waals surface area contributed by atoms with Crippen LogP contribution in [0.1, 0.15) is 10.4 Å². The lowest BCUT2D eigenvalue weighted by molar-refractivity contribution is -0.274. The first kappa shape index (κ1) is 13.9. The molecule has 0 fully saturated rings. The van der Waals surface area contributed by atoms with E-state index in [1.54, 1.807) is 0 Å². The van der Waals surface area contributed by atoms with Gasteiger partial charge in [0.1, 0.15) is 5.75 Å². The Bertz CT molecular complexity index is 624. The topological polar surface area (TPSA) is 59.4 Å². The fourth-order valence-corrected chi connectivity index (χ4v) is 1.65. The summed E-state index contributed by atoms with van der Waals surface area (Å²) in [7, 11) is 0. The van der Waals surface area contributed by atoms with E-state index < -0.39 is 12.3 Å². The molecule has 20 heavy (non-hydrogen) atoms. The Hall–Kier alpha value is -2.57. The molecular formula is C13H8F3NO3. The molecule has 0 spiro atoms. The van der Waals surface area contributed by atoms with Crippen LogP contribution >= 0.6 is 0 Å². The summed E-state index contributed by atoms with van der Waals surface area (Å²) < 4.78 is 39.8. The maximum atomic E-state index is 12.0. The van der Waals surface area contributed by atoms with Gasteiger partial charge in [0, 0.05) is 12.4 Å². The van der Waals surface area contributed by atoms with Gasteiger partial charge in [0.2, 0.25) is 0 Å². The smallest absolute Gasteiger partial charge is 0.478 e. The van der Waals surface area contributed by atoms with E-state index in [1.165, 1.54) is 30.6 Å². The second-order valence-corrected chi connectivity index (χ2v) is 3.80. The Morgan fingerprint density at radius 2 is 1.80 bits per heavy atom. The van der Waals surface area contributed by atoms with E-state index >= 15 is 0 Å². The lowest BCUT2D eigenvalue weighted by atomic mass is 10.0. The molecule has 4 nitrogen and oxygen atoms in total. The van der Waals surface area contributed by atoms with E-state index in [4.69, 9.17) is 5.11 Å². The number of benzene rings is 1. The molecule has 104 valence electrons. The van der Waals surface area contributed by atoms with Gasteiger partial charge in [-0.15, -0.1) is 13.2 Å². The van der Waals surface area contributed by atoms with Gasteiger partial charge in [-0.3, -0.25) is 4.98 Å². The summed E-state index contributed by atoms with van der Waals surface area (Å²) in [6.45, 7) is 0. The van der Waals surface area contributed by atoms with Gasteiger partial charge in [0.05, 0.1) is 5.56 Å². The van der Waals surface area contributed by atoms with Gasteiger partial charge in [-0.05, 0) is 29.3 Å². The zero-order chi connectivity index (χ0) is 14.8. The number of halogens is 3. The third-order valence-corrected chi connectivity index (χ3v) is 2.45. The van der Waals surface area contributed by atoms with Crippen molar-refractivity contribution in [1.82, 2.24) is 4.98 Å². The molecule has 0 radical (unpaired) electrons. The molecule has 1 aromatic carbocycles. The van der Waals surface area contributed by atoms with Crippen LogP contribution in [0.15, 0.2) is 42.7 Å². The lowest BCUT2D eigenvalue weighted by Crippen LogP contribution is -2.16. The Labute approximate surface area is 111 Å². The summed E-state index contributed by atoms with van der Waals surface area (Å²) in [4.78, 5) is 14.7. The summed E-state index contributed by atoms with van der Waals surface area (Å²) in [6.07, 6.45) is -2.18. The van der Waals surface area contributed by atoms with Gasteiger partial charge in [-0.25, -0.2) is 4.79 Å². The number of carbonyl (C=O) groups is 1. The Kier molecular flexibility index (Phi) is 3.60. The molecule has 1 aromatic heterocycles. The lowest BCUT2D eigenvalue weighted by Gasteiger charge is -2.10. The van der Waals surface area contributed by atoms with Crippen LogP contribution in [0.3, 0.4) is 0 Å².